The summed E-state index contributed by atoms with van der Waals surface area (Å²) in [5, 5.41) is 15.2. The topological polar surface area (TPSA) is 86.5 Å². The summed E-state index contributed by atoms with van der Waals surface area (Å²) in [7, 11) is 2.16. The van der Waals surface area contributed by atoms with Crippen LogP contribution >= 0.6 is 0 Å². The number of nitriles is 1. The van der Waals surface area contributed by atoms with Crippen molar-refractivity contribution < 1.29 is 9.47 Å². The summed E-state index contributed by atoms with van der Waals surface area (Å²) in [6.07, 6.45) is 3.40. The Morgan fingerprint density at radius 1 is 1.18 bits per heavy atom. The summed E-state index contributed by atoms with van der Waals surface area (Å²) in [6, 6.07) is 16.2. The van der Waals surface area contributed by atoms with Crippen molar-refractivity contribution in [2.75, 3.05) is 44.7 Å². The lowest BCUT2D eigenvalue weighted by atomic mass is 9.92. The molecule has 1 N–H and O–H groups in total. The van der Waals surface area contributed by atoms with E-state index >= 15 is 0 Å². The van der Waals surface area contributed by atoms with E-state index in [0.29, 0.717) is 38.1 Å². The van der Waals surface area contributed by atoms with Gasteiger partial charge in [-0.15, -0.1) is 0 Å². The quantitative estimate of drug-likeness (QED) is 0.532. The Bertz CT molecular complexity index is 1350. The summed E-state index contributed by atoms with van der Waals surface area (Å²) in [6.45, 7) is 6.68. The van der Waals surface area contributed by atoms with Crippen molar-refractivity contribution in [3.63, 3.8) is 0 Å². The van der Waals surface area contributed by atoms with Gasteiger partial charge in [0.15, 0.2) is 0 Å². The second kappa shape index (κ2) is 10.9. The molecule has 4 heterocycles. The number of aryl methyl sites for hydroxylation is 1. The van der Waals surface area contributed by atoms with Crippen LogP contribution in [0, 0.1) is 18.3 Å². The van der Waals surface area contributed by atoms with Crippen LogP contribution in [0.4, 0.5) is 5.82 Å². The minimum atomic E-state index is -0.0850. The number of likely N-dealkylation sites (tertiary alicyclic amines) is 1. The van der Waals surface area contributed by atoms with Crippen molar-refractivity contribution in [3.05, 3.63) is 58.8 Å². The third-order valence-electron chi connectivity index (χ3n) is 8.32. The van der Waals surface area contributed by atoms with Crippen molar-refractivity contribution in [1.82, 2.24) is 20.2 Å². The van der Waals surface area contributed by atoms with E-state index in [1.165, 1.54) is 28.3 Å². The first-order valence-electron chi connectivity index (χ1n) is 13.8. The minimum Gasteiger partial charge on any atom is -0.462 e. The van der Waals surface area contributed by atoms with Crippen LogP contribution in [-0.4, -0.2) is 66.8 Å². The van der Waals surface area contributed by atoms with Crippen LogP contribution in [0.1, 0.15) is 47.8 Å². The summed E-state index contributed by atoms with van der Waals surface area (Å²) < 4.78 is 12.8. The lowest BCUT2D eigenvalue weighted by Gasteiger charge is -2.36. The Balaban J connectivity index is 1.34. The smallest absolute Gasteiger partial charge is 0.318 e. The average molecular weight is 513 g/mol. The number of nitrogens with one attached hydrogen (secondary N) is 1. The number of benzene rings is 2. The maximum atomic E-state index is 9.26. The second-order valence-electron chi connectivity index (χ2n) is 10.8. The van der Waals surface area contributed by atoms with Gasteiger partial charge in [-0.3, -0.25) is 0 Å². The molecule has 198 valence electrons. The van der Waals surface area contributed by atoms with E-state index in [1.807, 2.05) is 0 Å². The van der Waals surface area contributed by atoms with Crippen molar-refractivity contribution in [1.29, 1.82) is 5.26 Å². The number of fused-ring (bicyclic) bond motifs is 2. The second-order valence-corrected chi connectivity index (χ2v) is 10.8. The lowest BCUT2D eigenvalue weighted by molar-refractivity contribution is 0.0265. The van der Waals surface area contributed by atoms with E-state index in [1.54, 1.807) is 0 Å². The molecular weight excluding hydrogens is 476 g/mol. The highest BCUT2D eigenvalue weighted by Gasteiger charge is 2.31. The maximum Gasteiger partial charge on any atom is 0.318 e. The fraction of sp³-hybridized carbons (Fsp3) is 0.500. The van der Waals surface area contributed by atoms with Gasteiger partial charge in [-0.2, -0.15) is 15.2 Å². The van der Waals surface area contributed by atoms with Crippen molar-refractivity contribution in [3.8, 4) is 12.1 Å². The number of ether oxygens (including phenoxy) is 2. The van der Waals surface area contributed by atoms with Crippen molar-refractivity contribution in [2.24, 2.45) is 0 Å². The molecule has 8 nitrogen and oxygen atoms in total. The Hall–Kier alpha value is -3.25. The molecule has 0 saturated carbocycles. The summed E-state index contributed by atoms with van der Waals surface area (Å²) in [5.41, 5.74) is 4.51. The van der Waals surface area contributed by atoms with E-state index in [4.69, 9.17) is 19.4 Å². The third-order valence-corrected chi connectivity index (χ3v) is 8.32. The molecule has 2 aromatic carbocycles. The molecule has 0 bridgehead atoms. The fourth-order valence-electron chi connectivity index (χ4n) is 6.21. The van der Waals surface area contributed by atoms with E-state index in [2.05, 4.69) is 71.6 Å². The molecule has 0 spiro atoms. The van der Waals surface area contributed by atoms with Gasteiger partial charge in [0.1, 0.15) is 12.4 Å². The SMILES string of the molecule is Cc1cccc2cccc(C3Cc4nc(OC[C@@H]5CCCN5C)nc(N5CCN[C@@H](CC#N)C5)c4CO3)c12. The van der Waals surface area contributed by atoms with Crippen molar-refractivity contribution >= 4 is 16.6 Å². The average Bonchev–Trinajstić information content (AvgIpc) is 3.35. The zero-order valence-corrected chi connectivity index (χ0v) is 22.3. The number of nitrogens with zero attached hydrogens (tertiary/aromatic N) is 5. The summed E-state index contributed by atoms with van der Waals surface area (Å²) >= 11 is 0. The predicted octanol–water partition coefficient (Wildman–Crippen LogP) is 3.92. The number of piperazine rings is 1. The van der Waals surface area contributed by atoms with Gasteiger partial charge in [-0.05, 0) is 55.3 Å². The van der Waals surface area contributed by atoms with Gasteiger partial charge in [-0.1, -0.05) is 36.4 Å². The number of anilines is 1. The maximum absolute atomic E-state index is 9.26. The van der Waals surface area contributed by atoms with Gasteiger partial charge in [0, 0.05) is 43.7 Å². The van der Waals surface area contributed by atoms with Gasteiger partial charge >= 0.3 is 6.01 Å². The molecule has 0 radical (unpaired) electrons. The molecule has 3 aliphatic rings. The molecule has 6 rings (SSSR count). The Labute approximate surface area is 224 Å². The van der Waals surface area contributed by atoms with E-state index < -0.39 is 0 Å². The zero-order chi connectivity index (χ0) is 26.1. The first-order valence-corrected chi connectivity index (χ1v) is 13.8. The highest BCUT2D eigenvalue weighted by atomic mass is 16.5. The molecule has 3 atom stereocenters. The Kier molecular flexibility index (Phi) is 7.16. The monoisotopic (exact) mass is 512 g/mol. The molecule has 8 heteroatoms. The Morgan fingerprint density at radius 3 is 2.87 bits per heavy atom. The van der Waals surface area contributed by atoms with Crippen LogP contribution in [0.15, 0.2) is 36.4 Å². The van der Waals surface area contributed by atoms with Crippen LogP contribution < -0.4 is 15.0 Å². The standard InChI is InChI=1S/C30H36N6O2/c1-20-6-3-7-21-8-4-10-24(28(20)21)27-16-26-25(19-37-27)29(36-15-13-32-22(17-36)11-12-31)34-30(33-26)38-18-23-9-5-14-35(23)2/h3-4,6-8,10,22-23,27,32H,5,9,11,13-19H2,1-2H3/t22-,23-,27?/m0/s1. The molecular formula is C30H36N6O2. The van der Waals surface area contributed by atoms with E-state index in [-0.39, 0.29) is 12.1 Å². The molecule has 3 aliphatic heterocycles. The van der Waals surface area contributed by atoms with Gasteiger partial charge in [0.25, 0.3) is 0 Å². The van der Waals surface area contributed by atoms with Crippen molar-refractivity contribution in [2.45, 2.75) is 57.4 Å². The van der Waals surface area contributed by atoms with Crippen LogP contribution in [0.2, 0.25) is 0 Å². The number of likely N-dealkylation sites (N-methyl/N-ethyl adjacent to an activating group) is 1. The molecule has 3 aromatic rings. The van der Waals surface area contributed by atoms with E-state index in [9.17, 15) is 5.26 Å². The molecule has 0 aliphatic carbocycles. The zero-order valence-electron chi connectivity index (χ0n) is 22.3. The van der Waals surface area contributed by atoms with Gasteiger partial charge in [0.05, 0.1) is 30.9 Å². The van der Waals surface area contributed by atoms with Gasteiger partial charge in [-0.25, -0.2) is 0 Å². The minimum absolute atomic E-state index is 0.0850. The highest BCUT2D eigenvalue weighted by Crippen LogP contribution is 2.38. The lowest BCUT2D eigenvalue weighted by Crippen LogP contribution is -2.51. The predicted molar refractivity (Wildman–Crippen MR) is 147 cm³/mol. The van der Waals surface area contributed by atoms with Gasteiger partial charge in [0.2, 0.25) is 0 Å². The first kappa shape index (κ1) is 25.1. The molecule has 1 unspecified atom stereocenters. The summed E-state index contributed by atoms with van der Waals surface area (Å²) in [5.74, 6) is 0.891. The van der Waals surface area contributed by atoms with Crippen LogP contribution in [0.3, 0.4) is 0 Å². The first-order chi connectivity index (χ1) is 18.6. The molecule has 1 aromatic heterocycles. The molecule has 0 amide bonds. The number of hydrogen-bond acceptors (Lipinski definition) is 8. The van der Waals surface area contributed by atoms with E-state index in [0.717, 1.165) is 49.7 Å². The molecule has 38 heavy (non-hydrogen) atoms. The normalized spacial score (nSPS) is 23.8. The number of rotatable bonds is 6. The summed E-state index contributed by atoms with van der Waals surface area (Å²) in [4.78, 5) is 14.5. The number of hydrogen-bond donors (Lipinski definition) is 1. The van der Waals surface area contributed by atoms with Crippen LogP contribution in [0.25, 0.3) is 10.8 Å². The third kappa shape index (κ3) is 4.94. The largest absolute Gasteiger partial charge is 0.462 e. The van der Waals surface area contributed by atoms with Crippen LogP contribution in [0.5, 0.6) is 6.01 Å². The fourth-order valence-corrected chi connectivity index (χ4v) is 6.21. The number of aromatic nitrogens is 2. The Morgan fingerprint density at radius 2 is 2.05 bits per heavy atom. The molecule has 2 saturated heterocycles. The highest BCUT2D eigenvalue weighted by molar-refractivity contribution is 5.89. The van der Waals surface area contributed by atoms with Gasteiger partial charge < -0.3 is 24.6 Å². The molecule has 2 fully saturated rings. The van der Waals surface area contributed by atoms with Crippen LogP contribution in [-0.2, 0) is 17.8 Å².